The molecule has 0 aliphatic carbocycles. The van der Waals surface area contributed by atoms with Gasteiger partial charge in [-0.25, -0.2) is 0 Å². The van der Waals surface area contributed by atoms with E-state index < -0.39 is 0 Å². The van der Waals surface area contributed by atoms with Crippen LogP contribution in [0.15, 0.2) is 15.6 Å². The van der Waals surface area contributed by atoms with Gasteiger partial charge in [0.25, 0.3) is 5.56 Å². The minimum atomic E-state index is -0.0939. The molecule has 122 valence electrons. The summed E-state index contributed by atoms with van der Waals surface area (Å²) in [6, 6.07) is 0. The quantitative estimate of drug-likeness (QED) is 0.865. The summed E-state index contributed by atoms with van der Waals surface area (Å²) in [7, 11) is 1.76. The average molecular weight is 321 g/mol. The minimum Gasteiger partial charge on any atom is -0.359 e. The Balaban J connectivity index is 2.37. The normalized spacial score (nSPS) is 15.3. The number of hydrogen-bond acceptors (Lipinski definition) is 3. The van der Waals surface area contributed by atoms with Crippen molar-refractivity contribution < 1.29 is 0 Å². The summed E-state index contributed by atoms with van der Waals surface area (Å²) in [6.45, 7) is 10.7. The molecule has 4 nitrogen and oxygen atoms in total. The molecule has 0 atom stereocenters. The summed E-state index contributed by atoms with van der Waals surface area (Å²) in [6.07, 6.45) is 4.27. The fourth-order valence-electron chi connectivity index (χ4n) is 2.55. The van der Waals surface area contributed by atoms with Gasteiger partial charge in [-0.05, 0) is 12.5 Å². The van der Waals surface area contributed by atoms with Crippen molar-refractivity contribution in [3.05, 3.63) is 32.4 Å². The van der Waals surface area contributed by atoms with Crippen LogP contribution in [0.4, 0.5) is 0 Å². The Morgan fingerprint density at radius 3 is 2.77 bits per heavy atom. The lowest BCUT2D eigenvalue weighted by Gasteiger charge is -2.17. The number of aromatic nitrogens is 2. The van der Waals surface area contributed by atoms with E-state index >= 15 is 0 Å². The number of hydrogen-bond donors (Lipinski definition) is 1. The van der Waals surface area contributed by atoms with E-state index in [1.54, 1.807) is 11.7 Å². The number of H-pyrrole nitrogens is 1. The van der Waals surface area contributed by atoms with Crippen LogP contribution >= 0.6 is 11.8 Å². The van der Waals surface area contributed by atoms with Crippen molar-refractivity contribution in [1.82, 2.24) is 14.7 Å². The van der Waals surface area contributed by atoms with Gasteiger partial charge in [0.1, 0.15) is 5.03 Å². The number of aromatic amines is 1. The molecule has 5 heteroatoms. The Morgan fingerprint density at radius 1 is 1.41 bits per heavy atom. The lowest BCUT2D eigenvalue weighted by atomic mass is 9.89. The van der Waals surface area contributed by atoms with E-state index in [0.29, 0.717) is 0 Å². The molecule has 0 bridgehead atoms. The lowest BCUT2D eigenvalue weighted by molar-refractivity contribution is 0.393. The van der Waals surface area contributed by atoms with Crippen molar-refractivity contribution in [3.63, 3.8) is 0 Å². The molecule has 1 fully saturated rings. The fraction of sp³-hybridized carbons (Fsp3) is 0.647. The van der Waals surface area contributed by atoms with E-state index in [-0.39, 0.29) is 11.0 Å². The van der Waals surface area contributed by atoms with Gasteiger partial charge in [0.05, 0.1) is 11.3 Å². The van der Waals surface area contributed by atoms with Gasteiger partial charge in [-0.2, -0.15) is 0 Å². The number of aryl methyl sites for hydroxylation is 1. The van der Waals surface area contributed by atoms with Crippen LogP contribution in [0, 0.1) is 0 Å². The van der Waals surface area contributed by atoms with Gasteiger partial charge in [0, 0.05) is 31.3 Å². The first kappa shape index (κ1) is 17.0. The average Bonchev–Trinajstić information content (AvgIpc) is 3.00. The number of unbranched alkanes of at least 4 members (excludes halogenated alkanes) is 1. The van der Waals surface area contributed by atoms with Crippen molar-refractivity contribution in [2.75, 3.05) is 18.8 Å². The summed E-state index contributed by atoms with van der Waals surface area (Å²) >= 11 is 1.83. The molecule has 1 aliphatic rings. The van der Waals surface area contributed by atoms with E-state index in [1.165, 1.54) is 12.8 Å². The second kappa shape index (κ2) is 6.84. The predicted octanol–water partition coefficient (Wildman–Crippen LogP) is 3.31. The smallest absolute Gasteiger partial charge is 0.274 e. The molecule has 0 unspecified atom stereocenters. The zero-order valence-corrected chi connectivity index (χ0v) is 15.1. The maximum absolute atomic E-state index is 12.3. The van der Waals surface area contributed by atoms with Gasteiger partial charge in [-0.3, -0.25) is 14.6 Å². The first-order valence-electron chi connectivity index (χ1n) is 7.98. The molecule has 0 spiro atoms. The third-order valence-corrected chi connectivity index (χ3v) is 4.88. The molecular formula is C17H27N3OS. The van der Waals surface area contributed by atoms with Crippen molar-refractivity contribution >= 4 is 17.8 Å². The second-order valence-corrected chi connectivity index (χ2v) is 7.88. The first-order valence-corrected chi connectivity index (χ1v) is 8.97. The molecule has 2 rings (SSSR count). The van der Waals surface area contributed by atoms with E-state index in [4.69, 9.17) is 0 Å². The van der Waals surface area contributed by atoms with Crippen LogP contribution in [-0.2, 0) is 12.5 Å². The zero-order chi connectivity index (χ0) is 16.3. The molecule has 1 saturated heterocycles. The molecule has 0 radical (unpaired) electrons. The number of nitrogens with one attached hydrogen (secondary N) is 1. The summed E-state index contributed by atoms with van der Waals surface area (Å²) in [5.41, 5.74) is 4.99. The highest BCUT2D eigenvalue weighted by molar-refractivity contribution is 8.03. The third kappa shape index (κ3) is 3.71. The molecule has 0 saturated carbocycles. The Kier molecular flexibility index (Phi) is 5.30. The van der Waals surface area contributed by atoms with Gasteiger partial charge < -0.3 is 4.90 Å². The van der Waals surface area contributed by atoms with Gasteiger partial charge in [0.2, 0.25) is 0 Å². The molecule has 22 heavy (non-hydrogen) atoms. The summed E-state index contributed by atoms with van der Waals surface area (Å²) < 4.78 is 1.55. The van der Waals surface area contributed by atoms with Crippen molar-refractivity contribution in [2.45, 2.75) is 46.0 Å². The first-order chi connectivity index (χ1) is 10.3. The van der Waals surface area contributed by atoms with E-state index in [0.717, 1.165) is 35.1 Å². The van der Waals surface area contributed by atoms with Crippen LogP contribution < -0.4 is 5.56 Å². The van der Waals surface area contributed by atoms with Crippen molar-refractivity contribution in [2.24, 2.45) is 7.05 Å². The van der Waals surface area contributed by atoms with E-state index in [1.807, 2.05) is 17.8 Å². The summed E-state index contributed by atoms with van der Waals surface area (Å²) in [4.78, 5) is 14.7. The van der Waals surface area contributed by atoms with Gasteiger partial charge >= 0.3 is 0 Å². The van der Waals surface area contributed by atoms with Gasteiger partial charge in [0.15, 0.2) is 0 Å². The highest BCUT2D eigenvalue weighted by Crippen LogP contribution is 2.28. The number of nitrogens with zero attached hydrogens (tertiary/aromatic N) is 2. The second-order valence-electron chi connectivity index (χ2n) is 6.80. The van der Waals surface area contributed by atoms with Crippen LogP contribution in [0.2, 0.25) is 0 Å². The minimum absolute atomic E-state index is 0.0149. The molecule has 1 aliphatic heterocycles. The van der Waals surface area contributed by atoms with Crippen LogP contribution in [0.1, 0.15) is 51.8 Å². The Bertz CT molecular complexity index is 642. The third-order valence-electron chi connectivity index (χ3n) is 3.84. The highest BCUT2D eigenvalue weighted by Gasteiger charge is 2.22. The molecular weight excluding hydrogens is 294 g/mol. The lowest BCUT2D eigenvalue weighted by Crippen LogP contribution is -2.19. The molecule has 1 N–H and O–H groups in total. The molecule has 1 aromatic heterocycles. The predicted molar refractivity (Wildman–Crippen MR) is 95.2 cm³/mol. The van der Waals surface area contributed by atoms with Gasteiger partial charge in [-0.15, -0.1) is 0 Å². The van der Waals surface area contributed by atoms with Crippen LogP contribution in [0.5, 0.6) is 0 Å². The van der Waals surface area contributed by atoms with Gasteiger partial charge in [-0.1, -0.05) is 51.6 Å². The van der Waals surface area contributed by atoms with Crippen molar-refractivity contribution in [1.29, 1.82) is 0 Å². The molecule has 0 amide bonds. The SMILES string of the molecule is CCCCN1CCSC1=C=Cc1c(C(C)(C)C)[nH]n(C)c1=O. The molecule has 1 aromatic rings. The Hall–Kier alpha value is -1.32. The maximum Gasteiger partial charge on any atom is 0.274 e. The largest absolute Gasteiger partial charge is 0.359 e. The van der Waals surface area contributed by atoms with Crippen LogP contribution in [0.3, 0.4) is 0 Å². The number of rotatable bonds is 4. The number of thioether (sulfide) groups is 1. The zero-order valence-electron chi connectivity index (χ0n) is 14.3. The standard InChI is InChI=1S/C17H27N3OS/c1-6-7-10-20-11-12-22-14(20)9-8-13-15(17(2,3)4)18-19(5)16(13)21/h8,18H,6-7,10-12H2,1-5H3. The monoisotopic (exact) mass is 321 g/mol. The van der Waals surface area contributed by atoms with Crippen molar-refractivity contribution in [3.8, 4) is 0 Å². The van der Waals surface area contributed by atoms with Crippen LogP contribution in [-0.4, -0.2) is 33.5 Å². The van der Waals surface area contributed by atoms with E-state index in [2.05, 4.69) is 43.4 Å². The van der Waals surface area contributed by atoms with Crippen LogP contribution in [0.25, 0.3) is 6.08 Å². The fourth-order valence-corrected chi connectivity index (χ4v) is 3.56. The topological polar surface area (TPSA) is 41.0 Å². The molecule has 2 heterocycles. The maximum atomic E-state index is 12.3. The Labute approximate surface area is 137 Å². The highest BCUT2D eigenvalue weighted by atomic mass is 32.2. The summed E-state index contributed by atoms with van der Waals surface area (Å²) in [5.74, 6) is 1.11. The van der Waals surface area contributed by atoms with E-state index in [9.17, 15) is 4.79 Å². The summed E-state index contributed by atoms with van der Waals surface area (Å²) in [5, 5.41) is 4.34. The Morgan fingerprint density at radius 2 is 2.14 bits per heavy atom. The molecule has 0 aromatic carbocycles.